The zero-order chi connectivity index (χ0) is 21.3. The molecular weight excluding hydrogens is 364 g/mol. The van der Waals surface area contributed by atoms with Gasteiger partial charge in [-0.2, -0.15) is 0 Å². The van der Waals surface area contributed by atoms with E-state index in [9.17, 15) is 9.59 Å². The van der Waals surface area contributed by atoms with Crippen LogP contribution in [0, 0.1) is 25.2 Å². The Bertz CT molecular complexity index is 947. The van der Waals surface area contributed by atoms with Gasteiger partial charge in [-0.25, -0.2) is 0 Å². The Morgan fingerprint density at radius 2 is 1.86 bits per heavy atom. The molecule has 1 aliphatic heterocycles. The third-order valence-electron chi connectivity index (χ3n) is 5.24. The maximum absolute atomic E-state index is 13.1. The normalized spacial score (nSPS) is 15.6. The van der Waals surface area contributed by atoms with Gasteiger partial charge in [0.05, 0.1) is 11.1 Å². The van der Waals surface area contributed by atoms with E-state index in [1.54, 1.807) is 4.90 Å². The molecule has 0 saturated heterocycles. The van der Waals surface area contributed by atoms with E-state index in [0.29, 0.717) is 41.8 Å². The fraction of sp³-hybridized carbons (Fsp3) is 0.417. The summed E-state index contributed by atoms with van der Waals surface area (Å²) in [5.41, 5.74) is 3.55. The zero-order valence-electron chi connectivity index (χ0n) is 18.1. The maximum atomic E-state index is 13.1. The minimum Gasteiger partial charge on any atom is -0.490 e. The highest BCUT2D eigenvalue weighted by atomic mass is 16.5. The van der Waals surface area contributed by atoms with Crippen molar-refractivity contribution in [2.24, 2.45) is 11.3 Å². The summed E-state index contributed by atoms with van der Waals surface area (Å²) >= 11 is 0. The summed E-state index contributed by atoms with van der Waals surface area (Å²) in [6, 6.07) is 11.1. The molecule has 0 saturated carbocycles. The molecular formula is C24H30N2O3. The smallest absolute Gasteiger partial charge is 0.255 e. The molecule has 5 heteroatoms. The third-order valence-corrected chi connectivity index (χ3v) is 5.24. The Labute approximate surface area is 173 Å². The largest absolute Gasteiger partial charge is 0.490 e. The van der Waals surface area contributed by atoms with Crippen LogP contribution in [0.3, 0.4) is 0 Å². The molecule has 1 heterocycles. The van der Waals surface area contributed by atoms with Crippen LogP contribution in [0.25, 0.3) is 0 Å². The van der Waals surface area contributed by atoms with Crippen molar-refractivity contribution in [2.75, 3.05) is 23.4 Å². The fourth-order valence-corrected chi connectivity index (χ4v) is 3.36. The number of ether oxygens (including phenoxy) is 1. The van der Waals surface area contributed by atoms with E-state index < -0.39 is 5.41 Å². The first-order valence-corrected chi connectivity index (χ1v) is 10.1. The van der Waals surface area contributed by atoms with Crippen molar-refractivity contribution >= 4 is 23.2 Å². The van der Waals surface area contributed by atoms with E-state index in [2.05, 4.69) is 19.2 Å². The van der Waals surface area contributed by atoms with Gasteiger partial charge in [0.25, 0.3) is 5.91 Å². The number of nitrogens with zero attached hydrogens (tertiary/aromatic N) is 1. The highest BCUT2D eigenvalue weighted by Crippen LogP contribution is 2.38. The molecule has 0 atom stereocenters. The maximum Gasteiger partial charge on any atom is 0.255 e. The zero-order valence-corrected chi connectivity index (χ0v) is 18.1. The Balaban J connectivity index is 1.93. The van der Waals surface area contributed by atoms with Gasteiger partial charge in [-0.3, -0.25) is 9.59 Å². The van der Waals surface area contributed by atoms with Crippen molar-refractivity contribution in [2.45, 2.75) is 41.5 Å². The second kappa shape index (κ2) is 7.90. The Hall–Kier alpha value is -2.82. The molecule has 0 fully saturated rings. The first-order chi connectivity index (χ1) is 13.6. The van der Waals surface area contributed by atoms with Crippen molar-refractivity contribution in [1.29, 1.82) is 0 Å². The molecule has 2 amide bonds. The number of benzene rings is 2. The number of hydrogen-bond acceptors (Lipinski definition) is 3. The number of anilines is 2. The number of nitrogens with one attached hydrogen (secondary N) is 1. The van der Waals surface area contributed by atoms with Crippen LogP contribution in [0.1, 0.15) is 49.2 Å². The molecule has 2 aromatic carbocycles. The van der Waals surface area contributed by atoms with Gasteiger partial charge in [0.2, 0.25) is 5.91 Å². The predicted molar refractivity (Wildman–Crippen MR) is 117 cm³/mol. The molecule has 0 spiro atoms. The summed E-state index contributed by atoms with van der Waals surface area (Å²) < 4.78 is 5.94. The molecule has 0 radical (unpaired) electrons. The van der Waals surface area contributed by atoms with E-state index in [0.717, 1.165) is 11.1 Å². The Morgan fingerprint density at radius 1 is 1.14 bits per heavy atom. The standard InChI is InChI=1S/C24H30N2O3/c1-15(2)13-26-20-12-19(9-10-21(20)29-14-24(5,6)23(26)28)25-22(27)18-8-7-16(3)17(4)11-18/h7-12,15H,13-14H2,1-6H3,(H,25,27). The van der Waals surface area contributed by atoms with Gasteiger partial charge in [0.15, 0.2) is 0 Å². The summed E-state index contributed by atoms with van der Waals surface area (Å²) in [7, 11) is 0. The van der Waals surface area contributed by atoms with Gasteiger partial charge in [-0.15, -0.1) is 0 Å². The Morgan fingerprint density at radius 3 is 2.52 bits per heavy atom. The van der Waals surface area contributed by atoms with Crippen molar-refractivity contribution in [3.8, 4) is 5.75 Å². The van der Waals surface area contributed by atoms with Gasteiger partial charge in [0.1, 0.15) is 12.4 Å². The van der Waals surface area contributed by atoms with Crippen molar-refractivity contribution in [3.63, 3.8) is 0 Å². The lowest BCUT2D eigenvalue weighted by molar-refractivity contribution is -0.127. The average Bonchev–Trinajstić information content (AvgIpc) is 2.74. The number of aryl methyl sites for hydroxylation is 2. The number of hydrogen-bond donors (Lipinski definition) is 1. The summed E-state index contributed by atoms with van der Waals surface area (Å²) in [6.07, 6.45) is 0. The van der Waals surface area contributed by atoms with Gasteiger partial charge < -0.3 is 15.0 Å². The fourth-order valence-electron chi connectivity index (χ4n) is 3.36. The minimum atomic E-state index is -0.614. The number of fused-ring (bicyclic) bond motifs is 1. The second-order valence-electron chi connectivity index (χ2n) is 8.92. The summed E-state index contributed by atoms with van der Waals surface area (Å²) in [6.45, 7) is 12.9. The van der Waals surface area contributed by atoms with Gasteiger partial charge in [-0.1, -0.05) is 19.9 Å². The van der Waals surface area contributed by atoms with Crippen LogP contribution in [0.5, 0.6) is 5.75 Å². The second-order valence-corrected chi connectivity index (χ2v) is 8.92. The summed E-state index contributed by atoms with van der Waals surface area (Å²) in [4.78, 5) is 27.7. The lowest BCUT2D eigenvalue weighted by Crippen LogP contribution is -2.43. The molecule has 0 aliphatic carbocycles. The molecule has 0 bridgehead atoms. The lowest BCUT2D eigenvalue weighted by Gasteiger charge is -2.29. The molecule has 2 aromatic rings. The number of rotatable bonds is 4. The van der Waals surface area contributed by atoms with Gasteiger partial charge in [0, 0.05) is 17.8 Å². The first-order valence-electron chi connectivity index (χ1n) is 10.1. The Kier molecular flexibility index (Phi) is 5.69. The predicted octanol–water partition coefficient (Wildman–Crippen LogP) is 4.96. The molecule has 0 unspecified atom stereocenters. The van der Waals surface area contributed by atoms with E-state index in [1.165, 1.54) is 0 Å². The van der Waals surface area contributed by atoms with Crippen LogP contribution in [0.2, 0.25) is 0 Å². The van der Waals surface area contributed by atoms with Gasteiger partial charge in [-0.05, 0) is 75.1 Å². The number of amides is 2. The SMILES string of the molecule is Cc1ccc(C(=O)Nc2ccc3c(c2)N(CC(C)C)C(=O)C(C)(C)CO3)cc1C. The van der Waals surface area contributed by atoms with Crippen LogP contribution in [-0.4, -0.2) is 25.0 Å². The van der Waals surface area contributed by atoms with E-state index >= 15 is 0 Å². The van der Waals surface area contributed by atoms with E-state index in [1.807, 2.05) is 64.1 Å². The topological polar surface area (TPSA) is 58.6 Å². The van der Waals surface area contributed by atoms with Gasteiger partial charge >= 0.3 is 0 Å². The van der Waals surface area contributed by atoms with Crippen LogP contribution in [0.15, 0.2) is 36.4 Å². The van der Waals surface area contributed by atoms with Crippen LogP contribution < -0.4 is 15.0 Å². The number of carbonyl (C=O) groups excluding carboxylic acids is 2. The van der Waals surface area contributed by atoms with E-state index in [4.69, 9.17) is 4.74 Å². The highest BCUT2D eigenvalue weighted by Gasteiger charge is 2.38. The minimum absolute atomic E-state index is 0.0302. The lowest BCUT2D eigenvalue weighted by atomic mass is 9.92. The monoisotopic (exact) mass is 394 g/mol. The molecule has 1 N–H and O–H groups in total. The van der Waals surface area contributed by atoms with Crippen molar-refractivity contribution in [3.05, 3.63) is 53.1 Å². The summed E-state index contributed by atoms with van der Waals surface area (Å²) in [5, 5.41) is 2.95. The third kappa shape index (κ3) is 4.44. The molecule has 0 aromatic heterocycles. The quantitative estimate of drug-likeness (QED) is 0.797. The average molecular weight is 395 g/mol. The molecule has 154 valence electrons. The van der Waals surface area contributed by atoms with Crippen molar-refractivity contribution < 1.29 is 14.3 Å². The number of carbonyl (C=O) groups is 2. The molecule has 29 heavy (non-hydrogen) atoms. The molecule has 1 aliphatic rings. The van der Waals surface area contributed by atoms with Crippen LogP contribution >= 0.6 is 0 Å². The van der Waals surface area contributed by atoms with Crippen LogP contribution in [0.4, 0.5) is 11.4 Å². The highest BCUT2D eigenvalue weighted by molar-refractivity contribution is 6.05. The first kappa shape index (κ1) is 20.9. The van der Waals surface area contributed by atoms with Crippen molar-refractivity contribution in [1.82, 2.24) is 0 Å². The molecule has 5 nitrogen and oxygen atoms in total. The molecule has 3 rings (SSSR count). The van der Waals surface area contributed by atoms with E-state index in [-0.39, 0.29) is 11.8 Å². The summed E-state index contributed by atoms with van der Waals surface area (Å²) in [5.74, 6) is 0.815. The van der Waals surface area contributed by atoms with Crippen LogP contribution in [-0.2, 0) is 4.79 Å².